The number of ether oxygens (including phenoxy) is 1. The zero-order valence-electron chi connectivity index (χ0n) is 14.6. The number of piperidine rings is 1. The third-order valence-corrected chi connectivity index (χ3v) is 5.11. The Kier molecular flexibility index (Phi) is 6.42. The Bertz CT molecular complexity index is 756. The third-order valence-electron chi connectivity index (χ3n) is 4.62. The largest absolute Gasteiger partial charge is 0.489 e. The Labute approximate surface area is 164 Å². The van der Waals surface area contributed by atoms with Gasteiger partial charge in [-0.1, -0.05) is 34.1 Å². The van der Waals surface area contributed by atoms with Crippen LogP contribution in [0.25, 0.3) is 0 Å². The standard InChI is InChI=1S/C20H20BrF4NO/c21-17-6-3-15(12-26-9-7-18(22)8-10-26)19(11-17)27-13-14-1-4-16(5-2-14)20(23,24)25/h1-6,11,18H,7-10,12-13H2. The van der Waals surface area contributed by atoms with Crippen molar-refractivity contribution in [3.05, 3.63) is 63.6 Å². The molecule has 1 fully saturated rings. The van der Waals surface area contributed by atoms with Crippen molar-refractivity contribution in [2.24, 2.45) is 0 Å². The fourth-order valence-electron chi connectivity index (χ4n) is 3.04. The molecule has 1 aliphatic heterocycles. The first-order chi connectivity index (χ1) is 12.8. The van der Waals surface area contributed by atoms with Crippen LogP contribution in [0.3, 0.4) is 0 Å². The fraction of sp³-hybridized carbons (Fsp3) is 0.400. The van der Waals surface area contributed by atoms with E-state index in [0.29, 0.717) is 43.8 Å². The summed E-state index contributed by atoms with van der Waals surface area (Å²) in [7, 11) is 0. The number of rotatable bonds is 5. The highest BCUT2D eigenvalue weighted by Crippen LogP contribution is 2.30. The molecule has 0 unspecified atom stereocenters. The molecule has 2 aromatic carbocycles. The fourth-order valence-corrected chi connectivity index (χ4v) is 3.38. The van der Waals surface area contributed by atoms with Gasteiger partial charge in [0.2, 0.25) is 0 Å². The summed E-state index contributed by atoms with van der Waals surface area (Å²) in [6.45, 7) is 2.24. The molecule has 0 radical (unpaired) electrons. The van der Waals surface area contributed by atoms with Crippen LogP contribution in [0.5, 0.6) is 5.75 Å². The number of benzene rings is 2. The molecule has 7 heteroatoms. The maximum absolute atomic E-state index is 13.3. The smallest absolute Gasteiger partial charge is 0.416 e. The molecule has 27 heavy (non-hydrogen) atoms. The predicted molar refractivity (Wildman–Crippen MR) is 99.3 cm³/mol. The number of halogens is 5. The van der Waals surface area contributed by atoms with Crippen LogP contribution >= 0.6 is 15.9 Å². The first-order valence-electron chi connectivity index (χ1n) is 8.75. The summed E-state index contributed by atoms with van der Waals surface area (Å²) in [6.07, 6.45) is -3.98. The Hall–Kier alpha value is -1.60. The molecule has 1 heterocycles. The van der Waals surface area contributed by atoms with E-state index in [4.69, 9.17) is 4.74 Å². The predicted octanol–water partition coefficient (Wildman–Crippen LogP) is 5.98. The normalized spacial score (nSPS) is 16.5. The number of alkyl halides is 4. The number of hydrogen-bond acceptors (Lipinski definition) is 2. The minimum Gasteiger partial charge on any atom is -0.489 e. The molecule has 3 rings (SSSR count). The Balaban J connectivity index is 1.66. The van der Waals surface area contributed by atoms with Crippen LogP contribution in [0.2, 0.25) is 0 Å². The second-order valence-electron chi connectivity index (χ2n) is 6.69. The van der Waals surface area contributed by atoms with Crippen molar-refractivity contribution in [2.75, 3.05) is 13.1 Å². The maximum atomic E-state index is 13.3. The van der Waals surface area contributed by atoms with E-state index in [1.165, 1.54) is 12.1 Å². The lowest BCUT2D eigenvalue weighted by Crippen LogP contribution is -2.33. The molecular formula is C20H20BrF4NO. The molecule has 146 valence electrons. The van der Waals surface area contributed by atoms with Gasteiger partial charge in [0, 0.05) is 29.7 Å². The third kappa shape index (κ3) is 5.69. The SMILES string of the molecule is FC1CCN(Cc2ccc(Br)cc2OCc2ccc(C(F)(F)F)cc2)CC1. The lowest BCUT2D eigenvalue weighted by molar-refractivity contribution is -0.137. The maximum Gasteiger partial charge on any atom is 0.416 e. The monoisotopic (exact) mass is 445 g/mol. The number of nitrogens with zero attached hydrogens (tertiary/aromatic N) is 1. The van der Waals surface area contributed by atoms with Crippen molar-refractivity contribution >= 4 is 15.9 Å². The van der Waals surface area contributed by atoms with Crippen molar-refractivity contribution in [3.8, 4) is 5.75 Å². The molecule has 1 saturated heterocycles. The highest BCUT2D eigenvalue weighted by atomic mass is 79.9. The minimum atomic E-state index is -4.34. The van der Waals surface area contributed by atoms with Crippen LogP contribution in [-0.2, 0) is 19.3 Å². The van der Waals surface area contributed by atoms with Crippen LogP contribution < -0.4 is 4.74 Å². The van der Waals surface area contributed by atoms with E-state index in [9.17, 15) is 17.6 Å². The average Bonchev–Trinajstić information content (AvgIpc) is 2.63. The molecule has 2 nitrogen and oxygen atoms in total. The minimum absolute atomic E-state index is 0.175. The first kappa shape index (κ1) is 20.1. The molecular weight excluding hydrogens is 426 g/mol. The van der Waals surface area contributed by atoms with Gasteiger partial charge in [0.25, 0.3) is 0 Å². The molecule has 0 atom stereocenters. The van der Waals surface area contributed by atoms with E-state index in [1.807, 2.05) is 18.2 Å². The van der Waals surface area contributed by atoms with Crippen LogP contribution in [0, 0.1) is 0 Å². The van der Waals surface area contributed by atoms with E-state index in [2.05, 4.69) is 20.8 Å². The second-order valence-corrected chi connectivity index (χ2v) is 7.60. The Morgan fingerprint density at radius 3 is 2.33 bits per heavy atom. The molecule has 0 saturated carbocycles. The summed E-state index contributed by atoms with van der Waals surface area (Å²) in [5, 5.41) is 0. The highest BCUT2D eigenvalue weighted by molar-refractivity contribution is 9.10. The van der Waals surface area contributed by atoms with Gasteiger partial charge in [-0.25, -0.2) is 4.39 Å². The Morgan fingerprint density at radius 1 is 1.04 bits per heavy atom. The summed E-state index contributed by atoms with van der Waals surface area (Å²) in [6, 6.07) is 10.7. The summed E-state index contributed by atoms with van der Waals surface area (Å²) in [4.78, 5) is 2.18. The molecule has 0 aromatic heterocycles. The van der Waals surface area contributed by atoms with E-state index in [0.717, 1.165) is 22.2 Å². The van der Waals surface area contributed by atoms with Gasteiger partial charge in [0.05, 0.1) is 5.56 Å². The van der Waals surface area contributed by atoms with E-state index < -0.39 is 17.9 Å². The molecule has 0 bridgehead atoms. The van der Waals surface area contributed by atoms with Crippen molar-refractivity contribution in [1.29, 1.82) is 0 Å². The van der Waals surface area contributed by atoms with E-state index in [1.54, 1.807) is 0 Å². The molecule has 0 spiro atoms. The Morgan fingerprint density at radius 2 is 1.70 bits per heavy atom. The van der Waals surface area contributed by atoms with Gasteiger partial charge < -0.3 is 4.74 Å². The van der Waals surface area contributed by atoms with Gasteiger partial charge in [0.1, 0.15) is 18.5 Å². The summed E-state index contributed by atoms with van der Waals surface area (Å²) in [5.74, 6) is 0.673. The van der Waals surface area contributed by atoms with Crippen LogP contribution in [0.15, 0.2) is 46.9 Å². The summed E-state index contributed by atoms with van der Waals surface area (Å²) >= 11 is 3.42. The molecule has 1 aliphatic rings. The average molecular weight is 446 g/mol. The van der Waals surface area contributed by atoms with Crippen LogP contribution in [-0.4, -0.2) is 24.2 Å². The quantitative estimate of drug-likeness (QED) is 0.524. The van der Waals surface area contributed by atoms with E-state index >= 15 is 0 Å². The topological polar surface area (TPSA) is 12.5 Å². The number of hydrogen-bond donors (Lipinski definition) is 0. The second kappa shape index (κ2) is 8.61. The lowest BCUT2D eigenvalue weighted by atomic mass is 10.1. The lowest BCUT2D eigenvalue weighted by Gasteiger charge is -2.29. The van der Waals surface area contributed by atoms with E-state index in [-0.39, 0.29) is 6.61 Å². The van der Waals surface area contributed by atoms with Crippen molar-refractivity contribution in [1.82, 2.24) is 4.90 Å². The zero-order chi connectivity index (χ0) is 19.4. The highest BCUT2D eigenvalue weighted by Gasteiger charge is 2.29. The molecule has 0 aliphatic carbocycles. The summed E-state index contributed by atoms with van der Waals surface area (Å²) in [5.41, 5.74) is 0.959. The van der Waals surface area contributed by atoms with Crippen molar-refractivity contribution in [2.45, 2.75) is 38.3 Å². The number of likely N-dealkylation sites (tertiary alicyclic amines) is 1. The van der Waals surface area contributed by atoms with Crippen molar-refractivity contribution in [3.63, 3.8) is 0 Å². The molecule has 2 aromatic rings. The van der Waals surface area contributed by atoms with Gasteiger partial charge in [0.15, 0.2) is 0 Å². The molecule has 0 amide bonds. The van der Waals surface area contributed by atoms with Gasteiger partial charge in [-0.2, -0.15) is 13.2 Å². The van der Waals surface area contributed by atoms with Crippen LogP contribution in [0.4, 0.5) is 17.6 Å². The van der Waals surface area contributed by atoms with Gasteiger partial charge >= 0.3 is 6.18 Å². The molecule has 0 N–H and O–H groups in total. The summed E-state index contributed by atoms with van der Waals surface area (Å²) < 4.78 is 58.0. The van der Waals surface area contributed by atoms with Crippen LogP contribution in [0.1, 0.15) is 29.5 Å². The van der Waals surface area contributed by atoms with Gasteiger partial charge in [-0.15, -0.1) is 0 Å². The zero-order valence-corrected chi connectivity index (χ0v) is 16.2. The van der Waals surface area contributed by atoms with Gasteiger partial charge in [-0.05, 0) is 42.7 Å². The van der Waals surface area contributed by atoms with Crippen molar-refractivity contribution < 1.29 is 22.3 Å². The first-order valence-corrected chi connectivity index (χ1v) is 9.54. The van der Waals surface area contributed by atoms with Gasteiger partial charge in [-0.3, -0.25) is 4.90 Å².